The van der Waals surface area contributed by atoms with Gasteiger partial charge in [-0.2, -0.15) is 0 Å². The summed E-state index contributed by atoms with van der Waals surface area (Å²) in [4.78, 5) is 15.2. The fourth-order valence-electron chi connectivity index (χ4n) is 2.91. The summed E-state index contributed by atoms with van der Waals surface area (Å²) >= 11 is 1.73. The van der Waals surface area contributed by atoms with Crippen LogP contribution in [0.15, 0.2) is 45.8 Å². The van der Waals surface area contributed by atoms with E-state index >= 15 is 0 Å². The fraction of sp³-hybridized carbons (Fsp3) is 0.286. The average Bonchev–Trinajstić information content (AvgIpc) is 3.07. The molecule has 0 atom stereocenters. The highest BCUT2D eigenvalue weighted by Crippen LogP contribution is 2.33. The van der Waals surface area contributed by atoms with Gasteiger partial charge in [-0.05, 0) is 63.1 Å². The van der Waals surface area contributed by atoms with Gasteiger partial charge < -0.3 is 14.1 Å². The van der Waals surface area contributed by atoms with Crippen molar-refractivity contribution in [2.45, 2.75) is 39.2 Å². The molecule has 3 rings (SSSR count). The number of pyridine rings is 1. The Morgan fingerprint density at radius 3 is 2.46 bits per heavy atom. The molecule has 5 heteroatoms. The van der Waals surface area contributed by atoms with Crippen LogP contribution >= 0.6 is 11.8 Å². The van der Waals surface area contributed by atoms with Crippen LogP contribution in [0.1, 0.15) is 33.7 Å². The summed E-state index contributed by atoms with van der Waals surface area (Å²) in [5, 5.41) is 0. The van der Waals surface area contributed by atoms with Gasteiger partial charge in [-0.25, -0.2) is 0 Å². The number of H-pyrrole nitrogens is 1. The zero-order chi connectivity index (χ0) is 18.7. The summed E-state index contributed by atoms with van der Waals surface area (Å²) in [6.45, 7) is 7.79. The van der Waals surface area contributed by atoms with Gasteiger partial charge in [0.15, 0.2) is 0 Å². The second kappa shape index (κ2) is 7.87. The van der Waals surface area contributed by atoms with Crippen molar-refractivity contribution in [1.82, 2.24) is 4.98 Å². The van der Waals surface area contributed by atoms with E-state index < -0.39 is 0 Å². The van der Waals surface area contributed by atoms with E-state index in [1.807, 2.05) is 45.0 Å². The van der Waals surface area contributed by atoms with Gasteiger partial charge >= 0.3 is 0 Å². The van der Waals surface area contributed by atoms with Crippen LogP contribution in [0.3, 0.4) is 0 Å². The fourth-order valence-corrected chi connectivity index (χ4v) is 3.93. The number of aromatic nitrogens is 1. The lowest BCUT2D eigenvalue weighted by Crippen LogP contribution is -2.15. The zero-order valence-electron chi connectivity index (χ0n) is 15.5. The van der Waals surface area contributed by atoms with Crippen LogP contribution in [0.4, 0.5) is 0 Å². The van der Waals surface area contributed by atoms with Crippen LogP contribution in [0.5, 0.6) is 11.5 Å². The van der Waals surface area contributed by atoms with Gasteiger partial charge in [0.05, 0.1) is 17.6 Å². The van der Waals surface area contributed by atoms with Crippen molar-refractivity contribution >= 4 is 11.8 Å². The van der Waals surface area contributed by atoms with Crippen molar-refractivity contribution in [1.29, 1.82) is 0 Å². The van der Waals surface area contributed by atoms with Crippen molar-refractivity contribution in [3.63, 3.8) is 0 Å². The van der Waals surface area contributed by atoms with Crippen LogP contribution in [0.2, 0.25) is 0 Å². The van der Waals surface area contributed by atoms with E-state index in [-0.39, 0.29) is 5.56 Å². The number of aromatic amines is 1. The van der Waals surface area contributed by atoms with E-state index in [4.69, 9.17) is 9.15 Å². The van der Waals surface area contributed by atoms with Crippen molar-refractivity contribution in [3.8, 4) is 11.5 Å². The average molecular weight is 369 g/mol. The molecule has 2 heterocycles. The lowest BCUT2D eigenvalue weighted by atomic mass is 10.1. The monoisotopic (exact) mass is 369 g/mol. The maximum atomic E-state index is 12.2. The zero-order valence-corrected chi connectivity index (χ0v) is 16.3. The highest BCUT2D eigenvalue weighted by atomic mass is 32.2. The molecule has 0 aliphatic rings. The first-order valence-electron chi connectivity index (χ1n) is 8.52. The summed E-state index contributed by atoms with van der Waals surface area (Å²) in [5.41, 5.74) is 4.61. The Labute approximate surface area is 157 Å². The first kappa shape index (κ1) is 18.4. The Morgan fingerprint density at radius 2 is 1.81 bits per heavy atom. The highest BCUT2D eigenvalue weighted by Gasteiger charge is 2.16. The van der Waals surface area contributed by atoms with Gasteiger partial charge in [-0.15, -0.1) is 11.8 Å². The topological polar surface area (TPSA) is 55.2 Å². The molecule has 0 amide bonds. The molecular weight excluding hydrogens is 346 g/mol. The molecule has 0 fully saturated rings. The molecule has 0 bridgehead atoms. The number of aryl methyl sites for hydroxylation is 3. The van der Waals surface area contributed by atoms with E-state index in [0.29, 0.717) is 11.3 Å². The van der Waals surface area contributed by atoms with Gasteiger partial charge in [0, 0.05) is 17.0 Å². The predicted molar refractivity (Wildman–Crippen MR) is 106 cm³/mol. The number of nitrogens with one attached hydrogen (secondary N) is 1. The van der Waals surface area contributed by atoms with E-state index in [1.165, 1.54) is 0 Å². The van der Waals surface area contributed by atoms with Gasteiger partial charge in [0.1, 0.15) is 17.3 Å². The maximum Gasteiger partial charge on any atom is 0.254 e. The third kappa shape index (κ3) is 4.22. The third-order valence-corrected chi connectivity index (χ3v) is 5.18. The van der Waals surface area contributed by atoms with Crippen molar-refractivity contribution in [3.05, 3.63) is 80.7 Å². The van der Waals surface area contributed by atoms with Crippen LogP contribution in [0, 0.1) is 27.7 Å². The lowest BCUT2D eigenvalue weighted by Gasteiger charge is -2.16. The van der Waals surface area contributed by atoms with Gasteiger partial charge in [0.2, 0.25) is 0 Å². The van der Waals surface area contributed by atoms with Gasteiger partial charge in [-0.3, -0.25) is 4.79 Å². The predicted octanol–water partition coefficient (Wildman–Crippen LogP) is 5.43. The second-order valence-corrected chi connectivity index (χ2v) is 7.50. The molecule has 0 radical (unpaired) electrons. The Hall–Kier alpha value is -2.40. The Balaban J connectivity index is 1.90. The lowest BCUT2D eigenvalue weighted by molar-refractivity contribution is 0.471. The van der Waals surface area contributed by atoms with Crippen molar-refractivity contribution in [2.24, 2.45) is 0 Å². The molecule has 2 aromatic heterocycles. The normalized spacial score (nSPS) is 10.9. The summed E-state index contributed by atoms with van der Waals surface area (Å²) < 4.78 is 11.6. The Bertz CT molecular complexity index is 938. The van der Waals surface area contributed by atoms with Crippen LogP contribution in [-0.2, 0) is 11.5 Å². The summed E-state index contributed by atoms with van der Waals surface area (Å²) in [5.74, 6) is 3.85. The molecule has 0 saturated carbocycles. The molecule has 0 aliphatic carbocycles. The molecule has 0 unspecified atom stereocenters. The SMILES string of the molecule is Cc1cc(C)cc(Oc2c(CSCc3ccco3)c(C)[nH]c(=O)c2C)c1. The number of hydrogen-bond donors (Lipinski definition) is 1. The molecule has 136 valence electrons. The quantitative estimate of drug-likeness (QED) is 0.630. The number of hydrogen-bond acceptors (Lipinski definition) is 4. The van der Waals surface area contributed by atoms with Gasteiger partial charge in [0.25, 0.3) is 5.56 Å². The molecule has 4 nitrogen and oxygen atoms in total. The summed E-state index contributed by atoms with van der Waals surface area (Å²) in [7, 11) is 0. The molecule has 26 heavy (non-hydrogen) atoms. The minimum atomic E-state index is -0.110. The van der Waals surface area contributed by atoms with Crippen molar-refractivity contribution < 1.29 is 9.15 Å². The summed E-state index contributed by atoms with van der Waals surface area (Å²) in [6, 6.07) is 9.93. The minimum Gasteiger partial charge on any atom is -0.468 e. The second-order valence-electron chi connectivity index (χ2n) is 6.51. The Kier molecular flexibility index (Phi) is 5.57. The standard InChI is InChI=1S/C21H23NO3S/c1-13-8-14(2)10-18(9-13)25-20-15(3)21(23)22-16(4)19(20)12-26-11-17-6-5-7-24-17/h5-10H,11-12H2,1-4H3,(H,22,23). The number of ether oxygens (including phenoxy) is 1. The highest BCUT2D eigenvalue weighted by molar-refractivity contribution is 7.97. The Morgan fingerprint density at radius 1 is 1.08 bits per heavy atom. The molecule has 3 aromatic rings. The smallest absolute Gasteiger partial charge is 0.254 e. The molecule has 1 aromatic carbocycles. The number of thioether (sulfide) groups is 1. The van der Waals surface area contributed by atoms with Crippen LogP contribution in [0.25, 0.3) is 0 Å². The third-order valence-electron chi connectivity index (χ3n) is 4.19. The molecule has 1 N–H and O–H groups in total. The first-order chi connectivity index (χ1) is 12.4. The van der Waals surface area contributed by atoms with E-state index in [2.05, 4.69) is 11.1 Å². The van der Waals surface area contributed by atoms with E-state index in [0.717, 1.165) is 45.4 Å². The van der Waals surface area contributed by atoms with Crippen LogP contribution < -0.4 is 10.3 Å². The minimum absolute atomic E-state index is 0.110. The molecular formula is C21H23NO3S. The number of benzene rings is 1. The number of furan rings is 1. The molecule has 0 aliphatic heterocycles. The van der Waals surface area contributed by atoms with Crippen molar-refractivity contribution in [2.75, 3.05) is 0 Å². The summed E-state index contributed by atoms with van der Waals surface area (Å²) in [6.07, 6.45) is 1.68. The largest absolute Gasteiger partial charge is 0.468 e. The number of rotatable bonds is 6. The molecule has 0 saturated heterocycles. The molecule has 0 spiro atoms. The first-order valence-corrected chi connectivity index (χ1v) is 9.68. The maximum absolute atomic E-state index is 12.2. The van der Waals surface area contributed by atoms with Gasteiger partial charge in [-0.1, -0.05) is 6.07 Å². The van der Waals surface area contributed by atoms with Crippen LogP contribution in [-0.4, -0.2) is 4.98 Å². The van der Waals surface area contributed by atoms with E-state index in [9.17, 15) is 4.79 Å². The van der Waals surface area contributed by atoms with E-state index in [1.54, 1.807) is 24.9 Å².